The molecular formula is C31H18N4. The van der Waals surface area contributed by atoms with Crippen LogP contribution in [0.3, 0.4) is 0 Å². The van der Waals surface area contributed by atoms with Crippen molar-refractivity contribution in [2.24, 2.45) is 0 Å². The third-order valence-corrected chi connectivity index (χ3v) is 6.38. The number of nitriles is 2. The Labute approximate surface area is 202 Å². The molecule has 2 aromatic heterocycles. The van der Waals surface area contributed by atoms with Crippen LogP contribution in [0.1, 0.15) is 11.1 Å². The first-order valence-corrected chi connectivity index (χ1v) is 11.3. The van der Waals surface area contributed by atoms with E-state index in [9.17, 15) is 10.5 Å². The molecule has 0 N–H and O–H groups in total. The molecule has 0 fully saturated rings. The third kappa shape index (κ3) is 3.33. The van der Waals surface area contributed by atoms with E-state index in [4.69, 9.17) is 0 Å². The lowest BCUT2D eigenvalue weighted by molar-refractivity contribution is 1.18. The molecule has 0 amide bonds. The van der Waals surface area contributed by atoms with Crippen LogP contribution in [0.2, 0.25) is 0 Å². The Morgan fingerprint density at radius 1 is 0.600 bits per heavy atom. The summed E-state index contributed by atoms with van der Waals surface area (Å²) in [5.74, 6) is 0. The summed E-state index contributed by atoms with van der Waals surface area (Å²) in [6.45, 7) is 0. The molecule has 0 unspecified atom stereocenters. The number of para-hydroxylation sites is 1. The summed E-state index contributed by atoms with van der Waals surface area (Å²) < 4.78 is 2.21. The molecule has 0 aliphatic heterocycles. The van der Waals surface area contributed by atoms with Gasteiger partial charge in [0.1, 0.15) is 0 Å². The molecule has 162 valence electrons. The number of nitrogens with zero attached hydrogens (tertiary/aromatic N) is 4. The summed E-state index contributed by atoms with van der Waals surface area (Å²) in [7, 11) is 0. The van der Waals surface area contributed by atoms with Gasteiger partial charge in [-0.3, -0.25) is 4.98 Å². The van der Waals surface area contributed by atoms with E-state index in [-0.39, 0.29) is 0 Å². The van der Waals surface area contributed by atoms with Crippen LogP contribution >= 0.6 is 0 Å². The van der Waals surface area contributed by atoms with Gasteiger partial charge in [-0.25, -0.2) is 0 Å². The molecule has 4 aromatic carbocycles. The number of fused-ring (bicyclic) bond motifs is 3. The molecule has 2 heterocycles. The maximum Gasteiger partial charge on any atom is 0.0998 e. The topological polar surface area (TPSA) is 65.4 Å². The van der Waals surface area contributed by atoms with Crippen molar-refractivity contribution in [1.29, 1.82) is 10.5 Å². The molecule has 0 radical (unpaired) electrons. The van der Waals surface area contributed by atoms with Crippen LogP contribution in [0.5, 0.6) is 0 Å². The Hall–Kier alpha value is -5.19. The zero-order valence-electron chi connectivity index (χ0n) is 18.7. The van der Waals surface area contributed by atoms with Gasteiger partial charge >= 0.3 is 0 Å². The molecule has 4 heteroatoms. The lowest BCUT2D eigenvalue weighted by Crippen LogP contribution is -2.00. The Kier molecular flexibility index (Phi) is 4.84. The van der Waals surface area contributed by atoms with Crippen molar-refractivity contribution in [3.8, 4) is 40.1 Å². The zero-order chi connectivity index (χ0) is 23.8. The third-order valence-electron chi connectivity index (χ3n) is 6.38. The normalized spacial score (nSPS) is 10.8. The molecule has 35 heavy (non-hydrogen) atoms. The predicted molar refractivity (Wildman–Crippen MR) is 139 cm³/mol. The van der Waals surface area contributed by atoms with Crippen LogP contribution in [0.25, 0.3) is 49.7 Å². The van der Waals surface area contributed by atoms with Crippen molar-refractivity contribution in [3.05, 3.63) is 121 Å². The minimum absolute atomic E-state index is 0.595. The number of pyridine rings is 1. The number of hydrogen-bond acceptors (Lipinski definition) is 3. The molecule has 0 aliphatic rings. The van der Waals surface area contributed by atoms with Gasteiger partial charge in [0.2, 0.25) is 0 Å². The van der Waals surface area contributed by atoms with E-state index in [2.05, 4.69) is 52.0 Å². The fourth-order valence-electron chi connectivity index (χ4n) is 4.78. The van der Waals surface area contributed by atoms with Crippen LogP contribution < -0.4 is 0 Å². The highest BCUT2D eigenvalue weighted by Crippen LogP contribution is 2.39. The van der Waals surface area contributed by atoms with E-state index in [0.717, 1.165) is 49.7 Å². The summed E-state index contributed by atoms with van der Waals surface area (Å²) in [4.78, 5) is 4.15. The number of aromatic nitrogens is 2. The molecule has 6 rings (SSSR count). The van der Waals surface area contributed by atoms with E-state index in [1.165, 1.54) is 0 Å². The highest BCUT2D eigenvalue weighted by Gasteiger charge is 2.19. The van der Waals surface area contributed by atoms with Gasteiger partial charge in [0.05, 0.1) is 40.0 Å². The van der Waals surface area contributed by atoms with Gasteiger partial charge < -0.3 is 4.57 Å². The van der Waals surface area contributed by atoms with Crippen LogP contribution in [0.15, 0.2) is 109 Å². The highest BCUT2D eigenvalue weighted by molar-refractivity contribution is 6.10. The van der Waals surface area contributed by atoms with Gasteiger partial charge in [0, 0.05) is 34.3 Å². The van der Waals surface area contributed by atoms with Crippen molar-refractivity contribution < 1.29 is 0 Å². The maximum absolute atomic E-state index is 10.1. The summed E-state index contributed by atoms with van der Waals surface area (Å²) in [5.41, 5.74) is 7.87. The molecule has 0 aliphatic carbocycles. The van der Waals surface area contributed by atoms with E-state index in [1.807, 2.05) is 66.7 Å². The fraction of sp³-hybridized carbons (Fsp3) is 0. The summed E-state index contributed by atoms with van der Waals surface area (Å²) in [5, 5.41) is 21.9. The molecule has 0 saturated carbocycles. The van der Waals surface area contributed by atoms with Crippen LogP contribution in [-0.4, -0.2) is 9.55 Å². The smallest absolute Gasteiger partial charge is 0.0998 e. The Bertz CT molecular complexity index is 1800. The summed E-state index contributed by atoms with van der Waals surface area (Å²) >= 11 is 0. The van der Waals surface area contributed by atoms with Crippen molar-refractivity contribution >= 4 is 21.8 Å². The standard InChI is InChI=1S/C31H18N4/c32-19-21-10-11-26-25-8-4-5-9-29(25)35(30(26)16-21)31-18-27(23-12-14-34-15-13-23)24(20-33)17-28(31)22-6-2-1-3-7-22/h1-18H. The van der Waals surface area contributed by atoms with E-state index in [0.29, 0.717) is 11.1 Å². The van der Waals surface area contributed by atoms with Gasteiger partial charge in [0.25, 0.3) is 0 Å². The Morgan fingerprint density at radius 3 is 2.09 bits per heavy atom. The summed E-state index contributed by atoms with van der Waals surface area (Å²) in [6, 6.07) is 36.7. The van der Waals surface area contributed by atoms with Crippen LogP contribution in [-0.2, 0) is 0 Å². The molecular weight excluding hydrogens is 428 g/mol. The first kappa shape index (κ1) is 20.4. The average molecular weight is 447 g/mol. The number of hydrogen-bond donors (Lipinski definition) is 0. The molecule has 0 atom stereocenters. The van der Waals surface area contributed by atoms with E-state index >= 15 is 0 Å². The molecule has 0 saturated heterocycles. The van der Waals surface area contributed by atoms with Crippen molar-refractivity contribution in [2.75, 3.05) is 0 Å². The van der Waals surface area contributed by atoms with Crippen LogP contribution in [0.4, 0.5) is 0 Å². The average Bonchev–Trinajstić information content (AvgIpc) is 3.26. The van der Waals surface area contributed by atoms with Crippen molar-refractivity contribution in [1.82, 2.24) is 9.55 Å². The van der Waals surface area contributed by atoms with Gasteiger partial charge in [-0.05, 0) is 53.6 Å². The second-order valence-electron chi connectivity index (χ2n) is 8.32. The van der Waals surface area contributed by atoms with Gasteiger partial charge in [-0.1, -0.05) is 54.6 Å². The number of rotatable bonds is 3. The predicted octanol–water partition coefficient (Wildman–Crippen LogP) is 7.26. The molecule has 0 bridgehead atoms. The molecule has 0 spiro atoms. The minimum atomic E-state index is 0.595. The SMILES string of the molecule is N#Cc1ccc2c3ccccc3n(-c3cc(-c4ccncc4)c(C#N)cc3-c3ccccc3)c2c1. The minimum Gasteiger partial charge on any atom is -0.309 e. The van der Waals surface area contributed by atoms with Crippen LogP contribution in [0, 0.1) is 22.7 Å². The fourth-order valence-corrected chi connectivity index (χ4v) is 4.78. The van der Waals surface area contributed by atoms with Crippen molar-refractivity contribution in [3.63, 3.8) is 0 Å². The van der Waals surface area contributed by atoms with Gasteiger partial charge in [-0.15, -0.1) is 0 Å². The van der Waals surface area contributed by atoms with E-state index < -0.39 is 0 Å². The second kappa shape index (κ2) is 8.30. The quantitative estimate of drug-likeness (QED) is 0.287. The van der Waals surface area contributed by atoms with Gasteiger partial charge in [-0.2, -0.15) is 10.5 Å². The number of benzene rings is 4. The molecule has 6 aromatic rings. The largest absolute Gasteiger partial charge is 0.309 e. The lowest BCUT2D eigenvalue weighted by atomic mass is 9.94. The Morgan fingerprint density at radius 2 is 1.31 bits per heavy atom. The summed E-state index contributed by atoms with van der Waals surface area (Å²) in [6.07, 6.45) is 3.47. The zero-order valence-corrected chi connectivity index (χ0v) is 18.7. The first-order chi connectivity index (χ1) is 17.3. The van der Waals surface area contributed by atoms with Gasteiger partial charge in [0.15, 0.2) is 0 Å². The highest BCUT2D eigenvalue weighted by atomic mass is 15.0. The lowest BCUT2D eigenvalue weighted by Gasteiger charge is -2.17. The monoisotopic (exact) mass is 446 g/mol. The molecule has 4 nitrogen and oxygen atoms in total. The van der Waals surface area contributed by atoms with Crippen molar-refractivity contribution in [2.45, 2.75) is 0 Å². The second-order valence-corrected chi connectivity index (χ2v) is 8.32. The first-order valence-electron chi connectivity index (χ1n) is 11.3. The Balaban J connectivity index is 1.79. The maximum atomic E-state index is 10.1. The van der Waals surface area contributed by atoms with E-state index in [1.54, 1.807) is 12.4 Å².